The van der Waals surface area contributed by atoms with Crippen LogP contribution in [0.25, 0.3) is 0 Å². The molecule has 1 aromatic rings. The topological polar surface area (TPSA) is 39.5 Å². The Bertz CT molecular complexity index is 457. The van der Waals surface area contributed by atoms with Crippen LogP contribution in [0, 0.1) is 0 Å². The summed E-state index contributed by atoms with van der Waals surface area (Å²) >= 11 is 9.50. The Morgan fingerprint density at radius 2 is 2.15 bits per heavy atom. The summed E-state index contributed by atoms with van der Waals surface area (Å²) in [5, 5.41) is 4.21. The number of piperazine rings is 1. The lowest BCUT2D eigenvalue weighted by Gasteiger charge is -2.41. The Morgan fingerprint density at radius 1 is 1.45 bits per heavy atom. The van der Waals surface area contributed by atoms with E-state index in [1.54, 1.807) is 4.90 Å². The van der Waals surface area contributed by atoms with Gasteiger partial charge in [0, 0.05) is 13.3 Å². The Hall–Kier alpha value is -0.570. The van der Waals surface area contributed by atoms with Crippen molar-refractivity contribution in [2.45, 2.75) is 22.9 Å². The van der Waals surface area contributed by atoms with Crippen LogP contribution in [0.4, 0.5) is 19.0 Å². The van der Waals surface area contributed by atoms with Crippen LogP contribution in [-0.4, -0.2) is 35.3 Å². The van der Waals surface area contributed by atoms with Crippen molar-refractivity contribution in [3.05, 3.63) is 23.9 Å². The predicted octanol–water partition coefficient (Wildman–Crippen LogP) is 2.78. The Balaban J connectivity index is 2.28. The van der Waals surface area contributed by atoms with E-state index in [0.717, 1.165) is 12.3 Å². The van der Waals surface area contributed by atoms with Gasteiger partial charge in [-0.15, -0.1) is 0 Å². The number of ether oxygens (including phenoxy) is 1. The summed E-state index contributed by atoms with van der Waals surface area (Å²) in [6.07, 6.45) is -4.10. The molecule has 1 aromatic heterocycles. The van der Waals surface area contributed by atoms with Crippen molar-refractivity contribution in [2.75, 3.05) is 18.6 Å². The van der Waals surface area contributed by atoms with Gasteiger partial charge in [-0.3, -0.25) is 0 Å². The zero-order chi connectivity index (χ0) is 14.9. The van der Waals surface area contributed by atoms with Crippen LogP contribution < -0.4 is 10.2 Å². The Labute approximate surface area is 127 Å². The van der Waals surface area contributed by atoms with E-state index in [-0.39, 0.29) is 4.95 Å². The molecule has 9 heteroatoms. The van der Waals surface area contributed by atoms with E-state index >= 15 is 0 Å². The van der Waals surface area contributed by atoms with Crippen molar-refractivity contribution in [1.29, 1.82) is 0 Å². The normalized spacial score (nSPS) is 27.7. The summed E-state index contributed by atoms with van der Waals surface area (Å²) in [4.78, 5) is 5.07. The first kappa shape index (κ1) is 15.8. The number of methoxy groups -OCH3 is 1. The van der Waals surface area contributed by atoms with Gasteiger partial charge >= 0.3 is 6.18 Å². The second kappa shape index (κ2) is 6.05. The van der Waals surface area contributed by atoms with E-state index in [9.17, 15) is 13.2 Å². The molecule has 20 heavy (non-hydrogen) atoms. The van der Waals surface area contributed by atoms with E-state index in [1.165, 1.54) is 13.2 Å². The van der Waals surface area contributed by atoms with Crippen LogP contribution >= 0.6 is 27.5 Å². The Kier molecular flexibility index (Phi) is 4.78. The molecule has 1 aliphatic heterocycles. The number of aromatic nitrogens is 1. The minimum absolute atomic E-state index is 0.309. The van der Waals surface area contributed by atoms with Crippen molar-refractivity contribution >= 4 is 33.3 Å². The van der Waals surface area contributed by atoms with Crippen LogP contribution in [-0.2, 0) is 10.9 Å². The molecule has 1 saturated heterocycles. The highest BCUT2D eigenvalue weighted by Gasteiger charge is 2.37. The van der Waals surface area contributed by atoms with Gasteiger partial charge in [-0.1, -0.05) is 27.5 Å². The largest absolute Gasteiger partial charge is 0.417 e. The van der Waals surface area contributed by atoms with E-state index in [1.807, 2.05) is 0 Å². The van der Waals surface area contributed by atoms with Gasteiger partial charge in [0.25, 0.3) is 0 Å². The zero-order valence-corrected chi connectivity index (χ0v) is 12.7. The SMILES string of the molecule is COC1C[N]C(Br)C(Cl)N1c1ccc(C(F)(F)F)cn1. The fraction of sp³-hybridized carbons (Fsp3) is 0.545. The van der Waals surface area contributed by atoms with E-state index in [0.29, 0.717) is 12.4 Å². The van der Waals surface area contributed by atoms with E-state index in [2.05, 4.69) is 26.2 Å². The number of pyridine rings is 1. The molecule has 0 amide bonds. The number of nitrogens with zero attached hydrogens (tertiary/aromatic N) is 3. The van der Waals surface area contributed by atoms with E-state index in [4.69, 9.17) is 16.3 Å². The van der Waals surface area contributed by atoms with Gasteiger partial charge in [0.1, 0.15) is 22.5 Å². The molecule has 2 rings (SSSR count). The van der Waals surface area contributed by atoms with Gasteiger partial charge in [0.05, 0.1) is 12.1 Å². The molecule has 1 fully saturated rings. The maximum Gasteiger partial charge on any atom is 0.417 e. The van der Waals surface area contributed by atoms with Gasteiger partial charge in [-0.05, 0) is 12.1 Å². The maximum atomic E-state index is 12.5. The number of rotatable bonds is 2. The highest BCUT2D eigenvalue weighted by molar-refractivity contribution is 9.09. The molecule has 4 nitrogen and oxygen atoms in total. The second-order valence-corrected chi connectivity index (χ2v) is 5.50. The van der Waals surface area contributed by atoms with Crippen molar-refractivity contribution in [3.63, 3.8) is 0 Å². The summed E-state index contributed by atoms with van der Waals surface area (Å²) in [5.74, 6) is 0.309. The maximum absolute atomic E-state index is 12.5. The molecule has 0 saturated carbocycles. The number of halogens is 5. The molecule has 0 aliphatic carbocycles. The van der Waals surface area contributed by atoms with Crippen molar-refractivity contribution < 1.29 is 17.9 Å². The zero-order valence-electron chi connectivity index (χ0n) is 10.3. The average Bonchev–Trinajstić information content (AvgIpc) is 2.41. The smallest absolute Gasteiger partial charge is 0.360 e. The van der Waals surface area contributed by atoms with Crippen molar-refractivity contribution in [2.24, 2.45) is 0 Å². The monoisotopic (exact) mass is 372 g/mol. The average molecular weight is 374 g/mol. The van der Waals surface area contributed by atoms with Crippen molar-refractivity contribution in [3.8, 4) is 0 Å². The molecule has 0 spiro atoms. The van der Waals surface area contributed by atoms with Crippen molar-refractivity contribution in [1.82, 2.24) is 10.3 Å². The molecule has 1 radical (unpaired) electrons. The molecule has 0 aromatic carbocycles. The standard InChI is InChI=1S/C11H11BrClF3N3O/c1-20-8-5-18-9(12)10(13)19(8)7-3-2-6(4-17-7)11(14,15)16/h2-4,8-10H,5H2,1H3. The first-order chi connectivity index (χ1) is 9.34. The minimum Gasteiger partial charge on any atom is -0.360 e. The third kappa shape index (κ3) is 3.19. The summed E-state index contributed by atoms with van der Waals surface area (Å²) in [6.45, 7) is 0.346. The minimum atomic E-state index is -4.41. The summed E-state index contributed by atoms with van der Waals surface area (Å²) in [6, 6.07) is 2.24. The summed E-state index contributed by atoms with van der Waals surface area (Å²) in [5.41, 5.74) is -1.41. The molecule has 1 aliphatic rings. The predicted molar refractivity (Wildman–Crippen MR) is 71.9 cm³/mol. The van der Waals surface area contributed by atoms with Crippen LogP contribution in [0.5, 0.6) is 0 Å². The number of alkyl halides is 5. The van der Waals surface area contributed by atoms with Crippen LogP contribution in [0.15, 0.2) is 18.3 Å². The second-order valence-electron chi connectivity index (χ2n) is 4.11. The highest BCUT2D eigenvalue weighted by atomic mass is 79.9. The highest BCUT2D eigenvalue weighted by Crippen LogP contribution is 2.32. The van der Waals surface area contributed by atoms with Gasteiger partial charge in [-0.2, -0.15) is 13.2 Å². The molecular formula is C11H11BrClF3N3O. The number of anilines is 1. The van der Waals surface area contributed by atoms with Gasteiger partial charge in [0.15, 0.2) is 0 Å². The Morgan fingerprint density at radius 3 is 2.65 bits per heavy atom. The van der Waals surface area contributed by atoms with Gasteiger partial charge in [0.2, 0.25) is 0 Å². The first-order valence-electron chi connectivity index (χ1n) is 5.63. The third-order valence-corrected chi connectivity index (χ3v) is 4.39. The number of hydrogen-bond acceptors (Lipinski definition) is 3. The quantitative estimate of drug-likeness (QED) is 0.591. The fourth-order valence-corrected chi connectivity index (χ4v) is 2.55. The third-order valence-electron chi connectivity index (χ3n) is 2.85. The first-order valence-corrected chi connectivity index (χ1v) is 6.99. The van der Waals surface area contributed by atoms with Crippen LogP contribution in [0.2, 0.25) is 0 Å². The van der Waals surface area contributed by atoms with Crippen LogP contribution in [0.3, 0.4) is 0 Å². The van der Waals surface area contributed by atoms with Crippen LogP contribution in [0.1, 0.15) is 5.56 Å². The molecule has 0 bridgehead atoms. The molecule has 111 valence electrons. The summed E-state index contributed by atoms with van der Waals surface area (Å²) in [7, 11) is 1.48. The van der Waals surface area contributed by atoms with E-state index < -0.39 is 23.5 Å². The summed E-state index contributed by atoms with van der Waals surface area (Å²) < 4.78 is 42.8. The molecular weight excluding hydrogens is 362 g/mol. The lowest BCUT2D eigenvalue weighted by atomic mass is 10.2. The lowest BCUT2D eigenvalue weighted by Crippen LogP contribution is -2.57. The lowest BCUT2D eigenvalue weighted by molar-refractivity contribution is -0.137. The fourth-order valence-electron chi connectivity index (χ4n) is 1.83. The van der Waals surface area contributed by atoms with Gasteiger partial charge < -0.3 is 9.64 Å². The molecule has 0 N–H and O–H groups in total. The number of hydrogen-bond donors (Lipinski definition) is 0. The van der Waals surface area contributed by atoms with Gasteiger partial charge in [-0.25, -0.2) is 10.3 Å². The molecule has 3 unspecified atom stereocenters. The molecule has 3 atom stereocenters. The molecule has 2 heterocycles.